The average Bonchev–Trinajstić information content (AvgIpc) is 2.61. The van der Waals surface area contributed by atoms with E-state index in [2.05, 4.69) is 15.9 Å². The molecule has 0 atom stereocenters. The van der Waals surface area contributed by atoms with Gasteiger partial charge in [-0.3, -0.25) is 0 Å². The Balaban J connectivity index is 2.31. The molecule has 4 nitrogen and oxygen atoms in total. The minimum absolute atomic E-state index is 0.251. The first-order valence-electron chi connectivity index (χ1n) is 5.55. The molecule has 1 heterocycles. The lowest BCUT2D eigenvalue weighted by Gasteiger charge is -2.19. The number of hydrogen-bond acceptors (Lipinski definition) is 3. The molecule has 18 heavy (non-hydrogen) atoms. The van der Waals surface area contributed by atoms with Gasteiger partial charge in [0, 0.05) is 24.2 Å². The number of halogens is 2. The fourth-order valence-electron chi connectivity index (χ4n) is 1.75. The summed E-state index contributed by atoms with van der Waals surface area (Å²) in [5.41, 5.74) is 0. The van der Waals surface area contributed by atoms with Gasteiger partial charge < -0.3 is 4.74 Å². The smallest absolute Gasteiger partial charge is 0.243 e. The predicted octanol–water partition coefficient (Wildman–Crippen LogP) is 2.51. The van der Waals surface area contributed by atoms with Crippen LogP contribution in [0.15, 0.2) is 27.6 Å². The number of rotatable bonds is 2. The van der Waals surface area contributed by atoms with Crippen molar-refractivity contribution in [2.45, 2.75) is 11.3 Å². The molecule has 0 amide bonds. The molecule has 0 aromatic heterocycles. The molecule has 7 heteroatoms. The van der Waals surface area contributed by atoms with Crippen molar-refractivity contribution < 1.29 is 13.2 Å². The van der Waals surface area contributed by atoms with Crippen LogP contribution < -0.4 is 0 Å². The molecule has 1 saturated heterocycles. The average molecular weight is 355 g/mol. The fraction of sp³-hybridized carbons (Fsp3) is 0.455. The molecule has 1 aromatic carbocycles. The van der Waals surface area contributed by atoms with Gasteiger partial charge in [-0.2, -0.15) is 4.31 Å². The van der Waals surface area contributed by atoms with Gasteiger partial charge in [-0.15, -0.1) is 0 Å². The summed E-state index contributed by atoms with van der Waals surface area (Å²) in [6.07, 6.45) is 0.716. The second kappa shape index (κ2) is 5.88. The maximum absolute atomic E-state index is 12.4. The lowest BCUT2D eigenvalue weighted by atomic mass is 10.4. The van der Waals surface area contributed by atoms with Crippen LogP contribution in [-0.4, -0.2) is 39.0 Å². The largest absolute Gasteiger partial charge is 0.380 e. The molecule has 0 unspecified atom stereocenters. The van der Waals surface area contributed by atoms with E-state index in [1.165, 1.54) is 16.4 Å². The van der Waals surface area contributed by atoms with Crippen molar-refractivity contribution in [3.05, 3.63) is 27.7 Å². The molecule has 0 aliphatic carbocycles. The Kier molecular flexibility index (Phi) is 4.66. The third kappa shape index (κ3) is 3.05. The van der Waals surface area contributed by atoms with Crippen LogP contribution in [0.5, 0.6) is 0 Å². The van der Waals surface area contributed by atoms with Crippen molar-refractivity contribution in [3.8, 4) is 0 Å². The van der Waals surface area contributed by atoms with Crippen molar-refractivity contribution >= 4 is 37.6 Å². The van der Waals surface area contributed by atoms with Crippen LogP contribution in [0.3, 0.4) is 0 Å². The highest BCUT2D eigenvalue weighted by Crippen LogP contribution is 2.27. The third-order valence-electron chi connectivity index (χ3n) is 2.71. The molecule has 2 rings (SSSR count). The van der Waals surface area contributed by atoms with E-state index in [1.807, 2.05) is 0 Å². The minimum Gasteiger partial charge on any atom is -0.380 e. The Morgan fingerprint density at radius 2 is 2.06 bits per heavy atom. The zero-order valence-corrected chi connectivity index (χ0v) is 12.8. The second-order valence-electron chi connectivity index (χ2n) is 3.95. The van der Waals surface area contributed by atoms with Crippen LogP contribution in [0.2, 0.25) is 5.02 Å². The molecule has 0 radical (unpaired) electrons. The van der Waals surface area contributed by atoms with Gasteiger partial charge in [0.1, 0.15) is 0 Å². The first kappa shape index (κ1) is 14.3. The first-order valence-corrected chi connectivity index (χ1v) is 8.16. The maximum Gasteiger partial charge on any atom is 0.243 e. The molecule has 0 bridgehead atoms. The standard InChI is InChI=1S/C11H13BrClNO3S/c12-10-8-9(2-3-11(10)13)18(15,16)14-4-1-6-17-7-5-14/h2-3,8H,1,4-7H2. The summed E-state index contributed by atoms with van der Waals surface area (Å²) in [6.45, 7) is 1.93. The van der Waals surface area contributed by atoms with Crippen LogP contribution in [-0.2, 0) is 14.8 Å². The van der Waals surface area contributed by atoms with Gasteiger partial charge in [-0.1, -0.05) is 11.6 Å². The summed E-state index contributed by atoms with van der Waals surface area (Å²) >= 11 is 9.11. The lowest BCUT2D eigenvalue weighted by molar-refractivity contribution is 0.148. The van der Waals surface area contributed by atoms with Gasteiger partial charge in [0.2, 0.25) is 10.0 Å². The van der Waals surface area contributed by atoms with Crippen molar-refractivity contribution in [1.29, 1.82) is 0 Å². The number of benzene rings is 1. The van der Waals surface area contributed by atoms with Gasteiger partial charge in [0.15, 0.2) is 0 Å². The van der Waals surface area contributed by atoms with Gasteiger partial charge in [0.25, 0.3) is 0 Å². The van der Waals surface area contributed by atoms with Gasteiger partial charge in [-0.25, -0.2) is 8.42 Å². The van der Waals surface area contributed by atoms with E-state index < -0.39 is 10.0 Å². The number of sulfonamides is 1. The molecule has 1 aliphatic rings. The molecule has 1 fully saturated rings. The maximum atomic E-state index is 12.4. The van der Waals surface area contributed by atoms with E-state index in [0.29, 0.717) is 42.2 Å². The summed E-state index contributed by atoms with van der Waals surface area (Å²) in [4.78, 5) is 0.251. The van der Waals surface area contributed by atoms with Crippen molar-refractivity contribution in [2.75, 3.05) is 26.3 Å². The van der Waals surface area contributed by atoms with Gasteiger partial charge >= 0.3 is 0 Å². The summed E-state index contributed by atoms with van der Waals surface area (Å²) < 4.78 is 32.1. The Bertz CT molecular complexity index is 527. The lowest BCUT2D eigenvalue weighted by Crippen LogP contribution is -2.33. The second-order valence-corrected chi connectivity index (χ2v) is 7.15. The molecule has 0 spiro atoms. The molecule has 1 aliphatic heterocycles. The Hall–Kier alpha value is -0.140. The monoisotopic (exact) mass is 353 g/mol. The number of nitrogens with zero attached hydrogens (tertiary/aromatic N) is 1. The highest BCUT2D eigenvalue weighted by Gasteiger charge is 2.25. The van der Waals surface area contributed by atoms with Crippen LogP contribution >= 0.6 is 27.5 Å². The zero-order chi connectivity index (χ0) is 13.2. The Morgan fingerprint density at radius 1 is 1.28 bits per heavy atom. The summed E-state index contributed by atoms with van der Waals surface area (Å²) in [5.74, 6) is 0. The Morgan fingerprint density at radius 3 is 2.78 bits per heavy atom. The van der Waals surface area contributed by atoms with Crippen molar-refractivity contribution in [3.63, 3.8) is 0 Å². The molecule has 0 saturated carbocycles. The van der Waals surface area contributed by atoms with E-state index in [9.17, 15) is 8.42 Å². The van der Waals surface area contributed by atoms with E-state index in [1.54, 1.807) is 6.07 Å². The topological polar surface area (TPSA) is 46.6 Å². The Labute approximate surface area is 120 Å². The zero-order valence-electron chi connectivity index (χ0n) is 9.60. The SMILES string of the molecule is O=S(=O)(c1ccc(Cl)c(Br)c1)N1CCCOCC1. The minimum atomic E-state index is -3.46. The summed E-state index contributed by atoms with van der Waals surface area (Å²) in [5, 5.41) is 0.494. The van der Waals surface area contributed by atoms with Gasteiger partial charge in [0.05, 0.1) is 16.5 Å². The molecule has 1 aromatic rings. The van der Waals surface area contributed by atoms with Crippen LogP contribution in [0, 0.1) is 0 Å². The van der Waals surface area contributed by atoms with Crippen LogP contribution in [0.25, 0.3) is 0 Å². The quantitative estimate of drug-likeness (QED) is 0.820. The summed E-state index contributed by atoms with van der Waals surface area (Å²) in [6, 6.07) is 4.63. The third-order valence-corrected chi connectivity index (χ3v) is 5.82. The van der Waals surface area contributed by atoms with Crippen molar-refractivity contribution in [1.82, 2.24) is 4.31 Å². The molecular weight excluding hydrogens is 342 g/mol. The van der Waals surface area contributed by atoms with E-state index in [0.717, 1.165) is 0 Å². The van der Waals surface area contributed by atoms with E-state index >= 15 is 0 Å². The fourth-order valence-corrected chi connectivity index (χ4v) is 3.89. The molecule has 100 valence electrons. The van der Waals surface area contributed by atoms with Gasteiger partial charge in [-0.05, 0) is 40.5 Å². The van der Waals surface area contributed by atoms with E-state index in [-0.39, 0.29) is 4.90 Å². The van der Waals surface area contributed by atoms with Crippen LogP contribution in [0.4, 0.5) is 0 Å². The summed E-state index contributed by atoms with van der Waals surface area (Å²) in [7, 11) is -3.46. The molecular formula is C11H13BrClNO3S. The van der Waals surface area contributed by atoms with Crippen molar-refractivity contribution in [2.24, 2.45) is 0 Å². The molecule has 0 N–H and O–H groups in total. The highest BCUT2D eigenvalue weighted by molar-refractivity contribution is 9.10. The number of ether oxygens (including phenoxy) is 1. The predicted molar refractivity (Wildman–Crippen MR) is 73.3 cm³/mol. The van der Waals surface area contributed by atoms with Crippen LogP contribution in [0.1, 0.15) is 6.42 Å². The highest BCUT2D eigenvalue weighted by atomic mass is 79.9. The number of hydrogen-bond donors (Lipinski definition) is 0. The van der Waals surface area contributed by atoms with E-state index in [4.69, 9.17) is 16.3 Å². The normalized spacial score (nSPS) is 18.6. The first-order chi connectivity index (χ1) is 8.51.